The van der Waals surface area contributed by atoms with Crippen LogP contribution in [0.3, 0.4) is 0 Å². The van der Waals surface area contributed by atoms with Crippen LogP contribution < -0.4 is 5.14 Å². The van der Waals surface area contributed by atoms with Crippen molar-refractivity contribution in [1.82, 2.24) is 0 Å². The maximum Gasteiger partial charge on any atom is 0.270 e. The lowest BCUT2D eigenvalue weighted by molar-refractivity contribution is 0.336. The molecule has 1 rings (SSSR count). The number of primary sulfonamides is 1. The third-order valence-electron chi connectivity index (χ3n) is 2.03. The summed E-state index contributed by atoms with van der Waals surface area (Å²) in [5.74, 6) is -0.839. The number of hydrogen-bond donors (Lipinski definition) is 1. The zero-order chi connectivity index (χ0) is 14.7. The highest BCUT2D eigenvalue weighted by molar-refractivity contribution is 7.92. The lowest BCUT2D eigenvalue weighted by Gasteiger charge is -2.10. The first-order chi connectivity index (χ1) is 8.63. The highest BCUT2D eigenvalue weighted by Gasteiger charge is 2.19. The molecule has 0 aliphatic heterocycles. The number of rotatable bonds is 6. The molecule has 0 spiro atoms. The monoisotopic (exact) mass is 303 g/mol. The average Bonchev–Trinajstić information content (AvgIpc) is 2.28. The van der Waals surface area contributed by atoms with Crippen molar-refractivity contribution in [2.75, 3.05) is 5.75 Å². The molecule has 0 amide bonds. The van der Waals surface area contributed by atoms with Crippen molar-refractivity contribution < 1.29 is 21.6 Å². The number of benzene rings is 1. The van der Waals surface area contributed by atoms with Crippen LogP contribution in [0.25, 0.3) is 0 Å². The third kappa shape index (κ3) is 4.51. The van der Waals surface area contributed by atoms with Gasteiger partial charge in [0.15, 0.2) is 9.84 Å². The van der Waals surface area contributed by atoms with E-state index in [1.165, 1.54) is 12.1 Å². The van der Waals surface area contributed by atoms with Crippen LogP contribution in [0, 0.1) is 0 Å². The Labute approximate surface area is 112 Å². The van der Waals surface area contributed by atoms with E-state index in [9.17, 15) is 16.8 Å². The van der Waals surface area contributed by atoms with Gasteiger partial charge in [-0.25, -0.2) is 22.0 Å². The summed E-state index contributed by atoms with van der Waals surface area (Å²) in [6.45, 7) is 6.41. The molecule has 0 heterocycles. The molecule has 0 aromatic heterocycles. The predicted octanol–water partition coefficient (Wildman–Crippen LogP) is 0.750. The summed E-state index contributed by atoms with van der Waals surface area (Å²) in [6.07, 6.45) is 0. The zero-order valence-electron chi connectivity index (χ0n) is 9.94. The van der Waals surface area contributed by atoms with Gasteiger partial charge in [0.25, 0.3) is 10.0 Å². The quantitative estimate of drug-likeness (QED) is 0.781. The molecule has 8 heteroatoms. The molecule has 6 nitrogen and oxygen atoms in total. The third-order valence-corrected chi connectivity index (χ3v) is 4.44. The van der Waals surface area contributed by atoms with Gasteiger partial charge in [0, 0.05) is 0 Å². The first-order valence-electron chi connectivity index (χ1n) is 4.98. The van der Waals surface area contributed by atoms with Gasteiger partial charge in [-0.1, -0.05) is 24.8 Å². The maximum absolute atomic E-state index is 11.9. The van der Waals surface area contributed by atoms with E-state index >= 15 is 0 Å². The molecular weight excluding hydrogens is 290 g/mol. The maximum atomic E-state index is 11.9. The van der Waals surface area contributed by atoms with Gasteiger partial charge in [0.1, 0.15) is 11.5 Å². The van der Waals surface area contributed by atoms with E-state index in [1.807, 2.05) is 0 Å². The first kappa shape index (κ1) is 15.4. The summed E-state index contributed by atoms with van der Waals surface area (Å²) < 4.78 is 50.3. The van der Waals surface area contributed by atoms with Crippen LogP contribution in [0.4, 0.5) is 0 Å². The number of hydrogen-bond acceptors (Lipinski definition) is 5. The second-order valence-corrected chi connectivity index (χ2v) is 7.16. The number of ether oxygens (including phenoxy) is 1. The van der Waals surface area contributed by atoms with Gasteiger partial charge in [-0.2, -0.15) is 0 Å². The molecule has 0 aliphatic rings. The fourth-order valence-electron chi connectivity index (χ4n) is 1.17. The second kappa shape index (κ2) is 5.55. The topological polar surface area (TPSA) is 104 Å². The normalized spacial score (nSPS) is 11.8. The lowest BCUT2D eigenvalue weighted by atomic mass is 10.4. The van der Waals surface area contributed by atoms with Gasteiger partial charge in [-0.15, -0.1) is 0 Å². The van der Waals surface area contributed by atoms with Crippen molar-refractivity contribution >= 4 is 19.9 Å². The van der Waals surface area contributed by atoms with Gasteiger partial charge in [0.05, 0.1) is 4.90 Å². The molecule has 0 radical (unpaired) electrons. The predicted molar refractivity (Wildman–Crippen MR) is 71.0 cm³/mol. The van der Waals surface area contributed by atoms with E-state index in [0.29, 0.717) is 0 Å². The minimum Gasteiger partial charge on any atom is -0.448 e. The average molecular weight is 303 g/mol. The van der Waals surface area contributed by atoms with Crippen molar-refractivity contribution in [2.24, 2.45) is 5.14 Å². The largest absolute Gasteiger partial charge is 0.448 e. The SMILES string of the molecule is C=C(CS(=O)(=O)c1ccccc1)OC(=C)S(N)(=O)=O. The Morgan fingerprint density at radius 2 is 1.63 bits per heavy atom. The Balaban J connectivity index is 2.81. The summed E-state index contributed by atoms with van der Waals surface area (Å²) in [6, 6.07) is 7.64. The fourth-order valence-corrected chi connectivity index (χ4v) is 2.63. The number of sulfone groups is 1. The van der Waals surface area contributed by atoms with Crippen molar-refractivity contribution in [3.05, 3.63) is 54.3 Å². The van der Waals surface area contributed by atoms with Crippen molar-refractivity contribution in [1.29, 1.82) is 0 Å². The summed E-state index contributed by atoms with van der Waals surface area (Å²) in [5.41, 5.74) is 0. The smallest absolute Gasteiger partial charge is 0.270 e. The summed E-state index contributed by atoms with van der Waals surface area (Å²) >= 11 is 0. The molecule has 104 valence electrons. The van der Waals surface area contributed by atoms with Gasteiger partial charge < -0.3 is 4.74 Å². The van der Waals surface area contributed by atoms with Crippen LogP contribution in [-0.4, -0.2) is 22.6 Å². The van der Waals surface area contributed by atoms with E-state index in [0.717, 1.165) is 0 Å². The molecular formula is C11H13NO5S2. The van der Waals surface area contributed by atoms with Gasteiger partial charge >= 0.3 is 0 Å². The highest BCUT2D eigenvalue weighted by Crippen LogP contribution is 2.15. The van der Waals surface area contributed by atoms with Gasteiger partial charge in [-0.3, -0.25) is 0 Å². The van der Waals surface area contributed by atoms with Crippen molar-refractivity contribution in [3.63, 3.8) is 0 Å². The molecule has 1 aromatic carbocycles. The first-order valence-corrected chi connectivity index (χ1v) is 8.18. The Hall–Kier alpha value is -1.64. The van der Waals surface area contributed by atoms with Gasteiger partial charge in [-0.05, 0) is 18.7 Å². The van der Waals surface area contributed by atoms with Crippen LogP contribution in [0.5, 0.6) is 0 Å². The molecule has 0 atom stereocenters. The Kier molecular flexibility index (Phi) is 4.51. The van der Waals surface area contributed by atoms with E-state index in [4.69, 9.17) is 9.88 Å². The Morgan fingerprint density at radius 3 is 2.11 bits per heavy atom. The number of sulfonamides is 1. The highest BCUT2D eigenvalue weighted by atomic mass is 32.2. The lowest BCUT2D eigenvalue weighted by Crippen LogP contribution is -2.18. The van der Waals surface area contributed by atoms with Crippen molar-refractivity contribution in [2.45, 2.75) is 4.90 Å². The van der Waals surface area contributed by atoms with Crippen LogP contribution in [0.2, 0.25) is 0 Å². The Bertz CT molecular complexity index is 690. The summed E-state index contributed by atoms with van der Waals surface area (Å²) in [4.78, 5) is 0.0842. The van der Waals surface area contributed by atoms with Crippen molar-refractivity contribution in [3.8, 4) is 0 Å². The fraction of sp³-hybridized carbons (Fsp3) is 0.0909. The van der Waals surface area contributed by atoms with Crippen LogP contribution in [0.1, 0.15) is 0 Å². The minimum absolute atomic E-state index is 0.0842. The summed E-state index contributed by atoms with van der Waals surface area (Å²) in [7, 11) is -7.74. The molecule has 0 bridgehead atoms. The van der Waals surface area contributed by atoms with Crippen LogP contribution in [-0.2, 0) is 24.6 Å². The van der Waals surface area contributed by atoms with Crippen LogP contribution >= 0.6 is 0 Å². The molecule has 0 fully saturated rings. The molecule has 19 heavy (non-hydrogen) atoms. The van der Waals surface area contributed by atoms with E-state index < -0.39 is 30.7 Å². The minimum atomic E-state index is -4.09. The van der Waals surface area contributed by atoms with Crippen LogP contribution in [0.15, 0.2) is 59.2 Å². The summed E-state index contributed by atoms with van der Waals surface area (Å²) in [5, 5.41) is 4.01. The molecule has 0 unspecified atom stereocenters. The standard InChI is InChI=1S/C11H13NO5S2/c1-9(17-10(2)19(12,15)16)8-18(13,14)11-6-4-3-5-7-11/h3-7H,1-2,8H2,(H2,12,15,16). The molecule has 1 aromatic rings. The number of nitrogens with two attached hydrogens (primary N) is 1. The van der Waals surface area contributed by atoms with E-state index in [1.54, 1.807) is 18.2 Å². The molecule has 0 aliphatic carbocycles. The second-order valence-electron chi connectivity index (χ2n) is 3.63. The molecule has 2 N–H and O–H groups in total. The van der Waals surface area contributed by atoms with Gasteiger partial charge in [0.2, 0.25) is 5.09 Å². The van der Waals surface area contributed by atoms with E-state index in [2.05, 4.69) is 13.2 Å². The molecule has 0 saturated heterocycles. The zero-order valence-corrected chi connectivity index (χ0v) is 11.6. The Morgan fingerprint density at radius 1 is 1.11 bits per heavy atom. The molecule has 0 saturated carbocycles. The van der Waals surface area contributed by atoms with E-state index in [-0.39, 0.29) is 10.7 Å².